The Hall–Kier alpha value is -1.81. The number of ether oxygens (including phenoxy) is 1. The van der Waals surface area contributed by atoms with Crippen LogP contribution in [-0.4, -0.2) is 23.2 Å². The fraction of sp³-hybridized carbons (Fsp3) is 0.438. The molecule has 1 N–H and O–H groups in total. The highest BCUT2D eigenvalue weighted by Gasteiger charge is 2.21. The minimum atomic E-state index is 0.0468. The van der Waals surface area contributed by atoms with Gasteiger partial charge >= 0.3 is 0 Å². The lowest BCUT2D eigenvalue weighted by molar-refractivity contribution is 0.401. The molecule has 2 aromatic rings. The highest BCUT2D eigenvalue weighted by molar-refractivity contribution is 5.41. The van der Waals surface area contributed by atoms with Gasteiger partial charge in [0.05, 0.1) is 13.2 Å². The standard InChI is InChI=1S/C16H23N3O/c1-5-17-15(16-18-9-10-19(16)6-2)13-8-7-12(3)11-14(13)20-4/h7-11,15,17H,5-6H2,1-4H3. The van der Waals surface area contributed by atoms with E-state index in [9.17, 15) is 0 Å². The van der Waals surface area contributed by atoms with Gasteiger partial charge < -0.3 is 14.6 Å². The van der Waals surface area contributed by atoms with Crippen LogP contribution in [0.4, 0.5) is 0 Å². The van der Waals surface area contributed by atoms with Crippen LogP contribution < -0.4 is 10.1 Å². The lowest BCUT2D eigenvalue weighted by Crippen LogP contribution is -2.25. The quantitative estimate of drug-likeness (QED) is 0.879. The molecule has 20 heavy (non-hydrogen) atoms. The van der Waals surface area contributed by atoms with Crippen LogP contribution in [0, 0.1) is 6.92 Å². The number of aryl methyl sites for hydroxylation is 2. The van der Waals surface area contributed by atoms with Gasteiger partial charge in [-0.3, -0.25) is 0 Å². The topological polar surface area (TPSA) is 39.1 Å². The summed E-state index contributed by atoms with van der Waals surface area (Å²) in [6.45, 7) is 8.08. The molecule has 1 atom stereocenters. The highest BCUT2D eigenvalue weighted by atomic mass is 16.5. The Morgan fingerprint density at radius 1 is 1.35 bits per heavy atom. The van der Waals surface area contributed by atoms with E-state index in [1.165, 1.54) is 5.56 Å². The van der Waals surface area contributed by atoms with Gasteiger partial charge in [0.1, 0.15) is 11.6 Å². The monoisotopic (exact) mass is 273 g/mol. The van der Waals surface area contributed by atoms with Gasteiger partial charge in [-0.15, -0.1) is 0 Å². The van der Waals surface area contributed by atoms with E-state index in [-0.39, 0.29) is 6.04 Å². The SMILES string of the molecule is CCNC(c1ccc(C)cc1OC)c1nccn1CC. The van der Waals surface area contributed by atoms with Crippen LogP contribution in [0.15, 0.2) is 30.6 Å². The summed E-state index contributed by atoms with van der Waals surface area (Å²) in [5.41, 5.74) is 2.32. The van der Waals surface area contributed by atoms with E-state index in [0.29, 0.717) is 0 Å². The molecule has 0 radical (unpaired) electrons. The van der Waals surface area contributed by atoms with Crippen molar-refractivity contribution >= 4 is 0 Å². The van der Waals surface area contributed by atoms with Crippen LogP contribution in [-0.2, 0) is 6.54 Å². The summed E-state index contributed by atoms with van der Waals surface area (Å²) in [5.74, 6) is 1.93. The van der Waals surface area contributed by atoms with E-state index in [1.807, 2.05) is 12.4 Å². The minimum absolute atomic E-state index is 0.0468. The van der Waals surface area contributed by atoms with Gasteiger partial charge in [-0.1, -0.05) is 19.1 Å². The summed E-state index contributed by atoms with van der Waals surface area (Å²) in [4.78, 5) is 4.53. The molecule has 0 saturated carbocycles. The number of nitrogens with zero attached hydrogens (tertiary/aromatic N) is 2. The maximum absolute atomic E-state index is 5.55. The average Bonchev–Trinajstić information content (AvgIpc) is 2.93. The molecule has 0 spiro atoms. The molecule has 1 aromatic heterocycles. The first-order chi connectivity index (χ1) is 9.71. The summed E-state index contributed by atoms with van der Waals surface area (Å²) >= 11 is 0. The van der Waals surface area contributed by atoms with Crippen molar-refractivity contribution in [1.29, 1.82) is 0 Å². The third-order valence-corrected chi connectivity index (χ3v) is 3.45. The van der Waals surface area contributed by atoms with Crippen molar-refractivity contribution in [3.63, 3.8) is 0 Å². The van der Waals surface area contributed by atoms with E-state index in [0.717, 1.165) is 30.2 Å². The molecule has 1 heterocycles. The number of imidazole rings is 1. The van der Waals surface area contributed by atoms with Gasteiger partial charge in [0.2, 0.25) is 0 Å². The van der Waals surface area contributed by atoms with Gasteiger partial charge in [-0.25, -0.2) is 4.98 Å². The van der Waals surface area contributed by atoms with E-state index in [4.69, 9.17) is 4.74 Å². The van der Waals surface area contributed by atoms with E-state index >= 15 is 0 Å². The normalized spacial score (nSPS) is 12.4. The fourth-order valence-electron chi connectivity index (χ4n) is 2.45. The maximum Gasteiger partial charge on any atom is 0.130 e. The smallest absolute Gasteiger partial charge is 0.130 e. The molecule has 4 nitrogen and oxygen atoms in total. The zero-order valence-electron chi connectivity index (χ0n) is 12.7. The van der Waals surface area contributed by atoms with Crippen molar-refractivity contribution in [2.24, 2.45) is 0 Å². The molecule has 1 unspecified atom stereocenters. The molecule has 0 bridgehead atoms. The number of rotatable bonds is 6. The largest absolute Gasteiger partial charge is 0.496 e. The summed E-state index contributed by atoms with van der Waals surface area (Å²) in [6, 6.07) is 6.35. The van der Waals surface area contributed by atoms with Crippen molar-refractivity contribution in [1.82, 2.24) is 14.9 Å². The second-order valence-corrected chi connectivity index (χ2v) is 4.81. The Morgan fingerprint density at radius 3 is 2.80 bits per heavy atom. The zero-order chi connectivity index (χ0) is 14.5. The first-order valence-corrected chi connectivity index (χ1v) is 7.10. The molecule has 108 valence electrons. The van der Waals surface area contributed by atoms with E-state index < -0.39 is 0 Å². The Kier molecular flexibility index (Phi) is 4.79. The number of benzene rings is 1. The predicted octanol–water partition coefficient (Wildman–Crippen LogP) is 2.92. The number of aromatic nitrogens is 2. The van der Waals surface area contributed by atoms with Crippen LogP contribution in [0.5, 0.6) is 5.75 Å². The van der Waals surface area contributed by atoms with Gasteiger partial charge in [-0.05, 0) is 32.0 Å². The molecule has 0 saturated heterocycles. The molecule has 0 aliphatic rings. The van der Waals surface area contributed by atoms with Crippen LogP contribution in [0.1, 0.15) is 36.8 Å². The summed E-state index contributed by atoms with van der Waals surface area (Å²) < 4.78 is 7.71. The van der Waals surface area contributed by atoms with Gasteiger partial charge in [-0.2, -0.15) is 0 Å². The first kappa shape index (κ1) is 14.6. The Morgan fingerprint density at radius 2 is 2.15 bits per heavy atom. The average molecular weight is 273 g/mol. The van der Waals surface area contributed by atoms with E-state index in [2.05, 4.69) is 53.8 Å². The van der Waals surface area contributed by atoms with Crippen LogP contribution in [0.25, 0.3) is 0 Å². The summed E-state index contributed by atoms with van der Waals surface area (Å²) in [5, 5.41) is 3.51. The fourth-order valence-corrected chi connectivity index (χ4v) is 2.45. The lowest BCUT2D eigenvalue weighted by atomic mass is 10.0. The summed E-state index contributed by atoms with van der Waals surface area (Å²) in [6.07, 6.45) is 3.87. The third-order valence-electron chi connectivity index (χ3n) is 3.45. The molecule has 0 amide bonds. The van der Waals surface area contributed by atoms with Crippen molar-refractivity contribution in [2.75, 3.05) is 13.7 Å². The molecule has 0 aliphatic heterocycles. The molecule has 1 aromatic carbocycles. The molecule has 0 aliphatic carbocycles. The molecule has 2 rings (SSSR count). The van der Waals surface area contributed by atoms with Crippen LogP contribution in [0.3, 0.4) is 0 Å². The van der Waals surface area contributed by atoms with Crippen molar-refractivity contribution in [3.05, 3.63) is 47.5 Å². The van der Waals surface area contributed by atoms with Crippen molar-refractivity contribution in [3.8, 4) is 5.75 Å². The zero-order valence-corrected chi connectivity index (χ0v) is 12.7. The summed E-state index contributed by atoms with van der Waals surface area (Å²) in [7, 11) is 1.72. The van der Waals surface area contributed by atoms with Crippen LogP contribution in [0.2, 0.25) is 0 Å². The number of hydrogen-bond acceptors (Lipinski definition) is 3. The van der Waals surface area contributed by atoms with Gasteiger partial charge in [0, 0.05) is 24.5 Å². The van der Waals surface area contributed by atoms with Gasteiger partial charge in [0.25, 0.3) is 0 Å². The Labute approximate surface area is 120 Å². The Balaban J connectivity index is 2.48. The van der Waals surface area contributed by atoms with Crippen molar-refractivity contribution in [2.45, 2.75) is 33.4 Å². The third kappa shape index (κ3) is 2.85. The number of methoxy groups -OCH3 is 1. The first-order valence-electron chi connectivity index (χ1n) is 7.10. The maximum atomic E-state index is 5.55. The van der Waals surface area contributed by atoms with E-state index in [1.54, 1.807) is 7.11 Å². The second kappa shape index (κ2) is 6.57. The molecular formula is C16H23N3O. The predicted molar refractivity (Wildman–Crippen MR) is 81.2 cm³/mol. The highest BCUT2D eigenvalue weighted by Crippen LogP contribution is 2.30. The van der Waals surface area contributed by atoms with Crippen molar-refractivity contribution < 1.29 is 4.74 Å². The van der Waals surface area contributed by atoms with Crippen LogP contribution >= 0.6 is 0 Å². The molecule has 0 fully saturated rings. The number of hydrogen-bond donors (Lipinski definition) is 1. The lowest BCUT2D eigenvalue weighted by Gasteiger charge is -2.21. The molecule has 4 heteroatoms. The van der Waals surface area contributed by atoms with Gasteiger partial charge in [0.15, 0.2) is 0 Å². The second-order valence-electron chi connectivity index (χ2n) is 4.81. The Bertz CT molecular complexity index is 563. The number of nitrogens with one attached hydrogen (secondary N) is 1. The minimum Gasteiger partial charge on any atom is -0.496 e. The molecular weight excluding hydrogens is 250 g/mol.